The van der Waals surface area contributed by atoms with Crippen LogP contribution in [-0.4, -0.2) is 50.0 Å². The fourth-order valence-electron chi connectivity index (χ4n) is 4.38. The maximum atomic E-state index is 14.0. The summed E-state index contributed by atoms with van der Waals surface area (Å²) in [5.74, 6) is 2.51. The number of benzene rings is 2. The van der Waals surface area contributed by atoms with Crippen molar-refractivity contribution in [1.29, 1.82) is 0 Å². The lowest BCUT2D eigenvalue weighted by Crippen LogP contribution is -2.40. The maximum Gasteiger partial charge on any atom is 0.343 e. The molecule has 0 fully saturated rings. The minimum atomic E-state index is -0.863. The van der Waals surface area contributed by atoms with Crippen molar-refractivity contribution in [2.45, 2.75) is 26.8 Å². The Hall–Kier alpha value is -4.34. The van der Waals surface area contributed by atoms with Gasteiger partial charge in [-0.25, -0.2) is 14.6 Å². The molecule has 0 bridgehead atoms. The normalized spacial score (nSPS) is 14.3. The van der Waals surface area contributed by atoms with Crippen molar-refractivity contribution in [1.82, 2.24) is 4.57 Å². The van der Waals surface area contributed by atoms with Crippen molar-refractivity contribution in [3.63, 3.8) is 0 Å². The van der Waals surface area contributed by atoms with Gasteiger partial charge in [0.25, 0.3) is 5.56 Å². The Morgan fingerprint density at radius 1 is 1.09 bits per heavy atom. The lowest BCUT2D eigenvalue weighted by molar-refractivity contribution is -0.143. The van der Waals surface area contributed by atoms with E-state index >= 15 is 0 Å². The van der Waals surface area contributed by atoms with Gasteiger partial charge in [-0.1, -0.05) is 29.4 Å². The number of methoxy groups -OCH3 is 1. The number of terminal acetylenes is 1. The zero-order valence-electron chi connectivity index (χ0n) is 24.0. The van der Waals surface area contributed by atoms with E-state index in [1.54, 1.807) is 51.1 Å². The summed E-state index contributed by atoms with van der Waals surface area (Å²) in [5.41, 5.74) is 1.63. The van der Waals surface area contributed by atoms with E-state index in [0.717, 1.165) is 5.56 Å². The summed E-state index contributed by atoms with van der Waals surface area (Å²) < 4.78 is 29.5. The molecule has 1 atom stereocenters. The van der Waals surface area contributed by atoms with E-state index < -0.39 is 18.0 Å². The Labute approximate surface area is 260 Å². The van der Waals surface area contributed by atoms with Crippen molar-refractivity contribution in [3.05, 3.63) is 83.0 Å². The smallest absolute Gasteiger partial charge is 0.343 e. The molecule has 2 aromatic carbocycles. The minimum Gasteiger partial charge on any atom is -0.490 e. The molecule has 0 radical (unpaired) electrons. The number of allylic oxidation sites excluding steroid dienone is 1. The molecule has 0 spiro atoms. The molecular weight excluding hydrogens is 640 g/mol. The molecule has 12 heteroatoms. The van der Waals surface area contributed by atoms with Crippen LogP contribution in [0, 0.1) is 12.3 Å². The largest absolute Gasteiger partial charge is 0.490 e. The van der Waals surface area contributed by atoms with Gasteiger partial charge in [0, 0.05) is 0 Å². The number of hydrogen-bond donors (Lipinski definition) is 0. The summed E-state index contributed by atoms with van der Waals surface area (Å²) in [6.45, 7) is 5.49. The average molecular weight is 670 g/mol. The van der Waals surface area contributed by atoms with Gasteiger partial charge < -0.3 is 23.7 Å². The molecule has 2 heterocycles. The second-order valence-corrected chi connectivity index (χ2v) is 10.9. The molecule has 0 amide bonds. The second kappa shape index (κ2) is 14.2. The monoisotopic (exact) mass is 668 g/mol. The first-order chi connectivity index (χ1) is 20.7. The van der Waals surface area contributed by atoms with E-state index in [1.807, 2.05) is 12.1 Å². The first-order valence-corrected chi connectivity index (χ1v) is 14.8. The van der Waals surface area contributed by atoms with E-state index in [2.05, 4.69) is 31.6 Å². The number of aromatic nitrogens is 1. The molecule has 0 N–H and O–H groups in total. The zero-order chi connectivity index (χ0) is 31.1. The van der Waals surface area contributed by atoms with Crippen molar-refractivity contribution >= 4 is 45.3 Å². The molecule has 43 heavy (non-hydrogen) atoms. The molecule has 0 saturated heterocycles. The lowest BCUT2D eigenvalue weighted by atomic mass is 9.95. The van der Waals surface area contributed by atoms with E-state index in [9.17, 15) is 14.4 Å². The van der Waals surface area contributed by atoms with Crippen LogP contribution >= 0.6 is 27.3 Å². The van der Waals surface area contributed by atoms with Gasteiger partial charge in [-0.05, 0) is 78.2 Å². The molecular formula is C31H29BrN2O8S. The van der Waals surface area contributed by atoms with E-state index in [1.165, 1.54) is 23.0 Å². The van der Waals surface area contributed by atoms with Crippen LogP contribution in [-0.2, 0) is 19.1 Å². The van der Waals surface area contributed by atoms with Crippen LogP contribution < -0.4 is 29.1 Å². The highest BCUT2D eigenvalue weighted by Gasteiger charge is 2.34. The maximum absolute atomic E-state index is 14.0. The van der Waals surface area contributed by atoms with E-state index in [0.29, 0.717) is 48.9 Å². The summed E-state index contributed by atoms with van der Waals surface area (Å²) in [7, 11) is 1.27. The summed E-state index contributed by atoms with van der Waals surface area (Å²) >= 11 is 4.69. The third-order valence-electron chi connectivity index (χ3n) is 6.24. The number of thiazole rings is 1. The number of ether oxygens (including phenoxy) is 5. The minimum absolute atomic E-state index is 0.127. The van der Waals surface area contributed by atoms with Gasteiger partial charge in [0.1, 0.15) is 12.4 Å². The number of esters is 2. The first kappa shape index (κ1) is 31.6. The lowest BCUT2D eigenvalue weighted by Gasteiger charge is -2.25. The van der Waals surface area contributed by atoms with Crippen LogP contribution in [0.1, 0.15) is 37.9 Å². The SMILES string of the molecule is C#CCOc1ccc(/C=c2\sc3n(c2=O)[C@@H](c2ccc(OCC(=O)OC)c(OCC)c2)C(C(=O)OCC)=C(C)N=3)cc1Br. The summed E-state index contributed by atoms with van der Waals surface area (Å²) in [6, 6.07) is 9.54. The number of halogens is 1. The number of hydrogen-bond acceptors (Lipinski definition) is 10. The third kappa shape index (κ3) is 7.01. The first-order valence-electron chi connectivity index (χ1n) is 13.2. The molecule has 0 unspecified atom stereocenters. The van der Waals surface area contributed by atoms with Crippen LogP contribution in [0.4, 0.5) is 0 Å². The van der Waals surface area contributed by atoms with Gasteiger partial charge in [-0.3, -0.25) is 9.36 Å². The molecule has 0 saturated carbocycles. The number of fused-ring (bicyclic) bond motifs is 1. The highest BCUT2D eigenvalue weighted by atomic mass is 79.9. The van der Waals surface area contributed by atoms with Crippen molar-refractivity contribution in [2.24, 2.45) is 4.99 Å². The highest BCUT2D eigenvalue weighted by Crippen LogP contribution is 2.36. The van der Waals surface area contributed by atoms with Crippen LogP contribution in [0.2, 0.25) is 0 Å². The fourth-order valence-corrected chi connectivity index (χ4v) is 5.94. The van der Waals surface area contributed by atoms with E-state index in [4.69, 9.17) is 25.4 Å². The predicted octanol–water partition coefficient (Wildman–Crippen LogP) is 3.52. The van der Waals surface area contributed by atoms with Gasteiger partial charge in [0.05, 0.1) is 46.6 Å². The van der Waals surface area contributed by atoms with Crippen molar-refractivity contribution < 1.29 is 33.3 Å². The van der Waals surface area contributed by atoms with E-state index in [-0.39, 0.29) is 31.0 Å². The Balaban J connectivity index is 1.86. The summed E-state index contributed by atoms with van der Waals surface area (Å²) in [4.78, 5) is 43.9. The number of carbonyl (C=O) groups is 2. The van der Waals surface area contributed by atoms with Crippen LogP contribution in [0.3, 0.4) is 0 Å². The standard InChI is InChI=1S/C31H29BrN2O8S/c1-6-13-41-22-11-9-19(14-21(22)32)15-25-29(36)34-28(27(30(37)40-8-3)18(4)33-31(34)43-25)20-10-12-23(24(16-20)39-7-2)42-17-26(35)38-5/h1,9-12,14-16,28H,7-8,13,17H2,2-5H3/b25-15-/t28-/m0/s1. The Morgan fingerprint density at radius 3 is 2.53 bits per heavy atom. The Kier molecular flexibility index (Phi) is 10.4. The zero-order valence-corrected chi connectivity index (χ0v) is 26.4. The van der Waals surface area contributed by atoms with Crippen molar-refractivity contribution in [3.8, 4) is 29.6 Å². The van der Waals surface area contributed by atoms with Gasteiger partial charge in [-0.15, -0.1) is 6.42 Å². The number of rotatable bonds is 11. The Morgan fingerprint density at radius 2 is 1.86 bits per heavy atom. The van der Waals surface area contributed by atoms with Crippen LogP contribution in [0.5, 0.6) is 17.2 Å². The molecule has 1 aromatic heterocycles. The van der Waals surface area contributed by atoms with Gasteiger partial charge in [-0.2, -0.15) is 0 Å². The van der Waals surface area contributed by atoms with Gasteiger partial charge in [0.15, 0.2) is 22.9 Å². The quantitative estimate of drug-likeness (QED) is 0.225. The predicted molar refractivity (Wildman–Crippen MR) is 164 cm³/mol. The van der Waals surface area contributed by atoms with Crippen LogP contribution in [0.25, 0.3) is 6.08 Å². The van der Waals surface area contributed by atoms with Gasteiger partial charge in [0.2, 0.25) is 0 Å². The Bertz CT molecular complexity index is 1800. The molecule has 10 nitrogen and oxygen atoms in total. The molecule has 0 aliphatic carbocycles. The average Bonchev–Trinajstić information content (AvgIpc) is 3.29. The molecule has 4 rings (SSSR count). The third-order valence-corrected chi connectivity index (χ3v) is 7.84. The second-order valence-electron chi connectivity index (χ2n) is 8.99. The molecule has 1 aliphatic heterocycles. The van der Waals surface area contributed by atoms with Crippen molar-refractivity contribution in [2.75, 3.05) is 33.5 Å². The fraction of sp³-hybridized carbons (Fsp3) is 0.290. The van der Waals surface area contributed by atoms with Crippen LogP contribution in [0.15, 0.2) is 61.9 Å². The molecule has 3 aromatic rings. The van der Waals surface area contributed by atoms with Gasteiger partial charge >= 0.3 is 11.9 Å². The molecule has 1 aliphatic rings. The number of carbonyl (C=O) groups excluding carboxylic acids is 2. The molecule has 224 valence electrons. The topological polar surface area (TPSA) is 115 Å². The summed E-state index contributed by atoms with van der Waals surface area (Å²) in [6.07, 6.45) is 7.03. The number of nitrogens with zero attached hydrogens (tertiary/aromatic N) is 2. The summed E-state index contributed by atoms with van der Waals surface area (Å²) in [5, 5.41) is 0. The highest BCUT2D eigenvalue weighted by molar-refractivity contribution is 9.10.